The zero-order valence-corrected chi connectivity index (χ0v) is 19.1. The largest absolute Gasteiger partial charge is 0.480 e. The minimum Gasteiger partial charge on any atom is -0.480 e. The van der Waals surface area contributed by atoms with Gasteiger partial charge in [-0.1, -0.05) is 6.07 Å². The van der Waals surface area contributed by atoms with Gasteiger partial charge in [0.2, 0.25) is 5.88 Å². The molecule has 0 spiro atoms. The molecular formula is C20H23N4O6PS. The van der Waals surface area contributed by atoms with E-state index in [4.69, 9.17) is 14.5 Å². The van der Waals surface area contributed by atoms with Crippen molar-refractivity contribution in [1.29, 1.82) is 0 Å². The van der Waals surface area contributed by atoms with Gasteiger partial charge in [-0.2, -0.15) is 14.8 Å². The van der Waals surface area contributed by atoms with E-state index in [1.165, 1.54) is 24.6 Å². The molecule has 12 heteroatoms. The Hall–Kier alpha value is -2.59. The van der Waals surface area contributed by atoms with Gasteiger partial charge in [-0.25, -0.2) is 0 Å². The van der Waals surface area contributed by atoms with Crippen LogP contribution < -0.4 is 15.2 Å². The molecule has 1 aliphatic heterocycles. The number of thiophene rings is 1. The molecule has 0 radical (unpaired) electrons. The molecule has 1 aliphatic rings. The van der Waals surface area contributed by atoms with Crippen LogP contribution in [0.15, 0.2) is 34.6 Å². The molecule has 0 saturated carbocycles. The van der Waals surface area contributed by atoms with E-state index in [2.05, 4.69) is 15.0 Å². The Morgan fingerprint density at radius 3 is 2.72 bits per heavy atom. The number of aromatic nitrogens is 3. The lowest BCUT2D eigenvalue weighted by atomic mass is 9.94. The van der Waals surface area contributed by atoms with Crippen LogP contribution in [0.25, 0.3) is 10.8 Å². The van der Waals surface area contributed by atoms with Gasteiger partial charge in [0.25, 0.3) is 11.5 Å². The minimum absolute atomic E-state index is 0.0954. The van der Waals surface area contributed by atoms with Crippen LogP contribution >= 0.6 is 18.9 Å². The third-order valence-corrected chi connectivity index (χ3v) is 7.31. The van der Waals surface area contributed by atoms with Gasteiger partial charge in [0.1, 0.15) is 11.2 Å². The molecule has 1 saturated heterocycles. The molecule has 4 rings (SSSR count). The summed E-state index contributed by atoms with van der Waals surface area (Å²) in [6.07, 6.45) is 3.44. The van der Waals surface area contributed by atoms with Crippen molar-refractivity contribution in [1.82, 2.24) is 14.8 Å². The standard InChI is InChI=1S/C20H23N4O6PS/c1-30-18-17-14(12-21-24(20(17)26)19(25)15-3-2-10-32-15)11-16(22-18)23-7-4-13(5-8-23)6-9-31(27,28)29/h2-3,10-13H,4-9H2,1H3,(H2,27,28,29). The Labute approximate surface area is 187 Å². The highest BCUT2D eigenvalue weighted by molar-refractivity contribution is 7.51. The summed E-state index contributed by atoms with van der Waals surface area (Å²) in [7, 11) is -2.56. The average molecular weight is 478 g/mol. The first-order valence-corrected chi connectivity index (χ1v) is 12.8. The van der Waals surface area contributed by atoms with Crippen molar-refractivity contribution in [3.63, 3.8) is 0 Å². The Balaban J connectivity index is 1.59. The van der Waals surface area contributed by atoms with E-state index >= 15 is 0 Å². The first-order chi connectivity index (χ1) is 15.3. The summed E-state index contributed by atoms with van der Waals surface area (Å²) in [5, 5.41) is 6.53. The number of ether oxygens (including phenoxy) is 1. The number of piperidine rings is 1. The van der Waals surface area contributed by atoms with Crippen LogP contribution in [0.4, 0.5) is 5.82 Å². The monoisotopic (exact) mass is 478 g/mol. The maximum atomic E-state index is 13.0. The number of anilines is 1. The number of nitrogens with zero attached hydrogens (tertiary/aromatic N) is 4. The number of fused-ring (bicyclic) bond motifs is 1. The molecule has 0 amide bonds. The number of hydrogen-bond acceptors (Lipinski definition) is 8. The van der Waals surface area contributed by atoms with Gasteiger partial charge in [-0.05, 0) is 42.7 Å². The van der Waals surface area contributed by atoms with E-state index in [1.807, 2.05) is 0 Å². The molecule has 10 nitrogen and oxygen atoms in total. The highest BCUT2D eigenvalue weighted by Crippen LogP contribution is 2.38. The molecule has 0 atom stereocenters. The molecular weight excluding hydrogens is 455 g/mol. The lowest BCUT2D eigenvalue weighted by Gasteiger charge is -2.33. The third-order valence-electron chi connectivity index (χ3n) is 5.61. The van der Waals surface area contributed by atoms with Crippen molar-refractivity contribution in [2.75, 3.05) is 31.3 Å². The van der Waals surface area contributed by atoms with Gasteiger partial charge < -0.3 is 19.4 Å². The van der Waals surface area contributed by atoms with E-state index in [0.717, 1.165) is 17.5 Å². The van der Waals surface area contributed by atoms with Gasteiger partial charge >= 0.3 is 7.60 Å². The molecule has 2 N–H and O–H groups in total. The molecule has 0 aliphatic carbocycles. The second kappa shape index (κ2) is 9.11. The fraction of sp³-hybridized carbons (Fsp3) is 0.400. The summed E-state index contributed by atoms with van der Waals surface area (Å²) < 4.78 is 17.3. The lowest BCUT2D eigenvalue weighted by Crippen LogP contribution is -2.35. The summed E-state index contributed by atoms with van der Waals surface area (Å²) in [5.41, 5.74) is -0.590. The van der Waals surface area contributed by atoms with Gasteiger partial charge in [-0.15, -0.1) is 11.3 Å². The maximum Gasteiger partial charge on any atom is 0.325 e. The van der Waals surface area contributed by atoms with Gasteiger partial charge in [-0.3, -0.25) is 14.2 Å². The van der Waals surface area contributed by atoms with Crippen molar-refractivity contribution in [2.45, 2.75) is 19.3 Å². The summed E-state index contributed by atoms with van der Waals surface area (Å²) in [4.78, 5) is 50.8. The zero-order chi connectivity index (χ0) is 22.9. The van der Waals surface area contributed by atoms with E-state index in [9.17, 15) is 14.2 Å². The molecule has 0 bridgehead atoms. The smallest absolute Gasteiger partial charge is 0.325 e. The lowest BCUT2D eigenvalue weighted by molar-refractivity contribution is 0.0944. The molecule has 3 aromatic rings. The highest BCUT2D eigenvalue weighted by atomic mass is 32.1. The Kier molecular flexibility index (Phi) is 6.43. The van der Waals surface area contributed by atoms with Crippen molar-refractivity contribution < 1.29 is 23.9 Å². The highest BCUT2D eigenvalue weighted by Gasteiger charge is 2.25. The van der Waals surface area contributed by atoms with Crippen LogP contribution in [0.5, 0.6) is 5.88 Å². The van der Waals surface area contributed by atoms with E-state index in [0.29, 0.717) is 35.6 Å². The topological polar surface area (TPSA) is 135 Å². The number of methoxy groups -OCH3 is 1. The molecule has 170 valence electrons. The summed E-state index contributed by atoms with van der Waals surface area (Å²) in [5.74, 6) is 0.501. The second-order valence-corrected chi connectivity index (χ2v) is 10.4. The van der Waals surface area contributed by atoms with Gasteiger partial charge in [0, 0.05) is 18.5 Å². The molecule has 0 unspecified atom stereocenters. The van der Waals surface area contributed by atoms with Crippen molar-refractivity contribution in [3.8, 4) is 5.88 Å². The number of rotatable bonds is 6. The fourth-order valence-electron chi connectivity index (χ4n) is 3.88. The maximum absolute atomic E-state index is 13.0. The van der Waals surface area contributed by atoms with Crippen LogP contribution in [-0.4, -0.2) is 56.8 Å². The first kappa shape index (κ1) is 22.6. The zero-order valence-electron chi connectivity index (χ0n) is 17.4. The third kappa shape index (κ3) is 4.75. The summed E-state index contributed by atoms with van der Waals surface area (Å²) in [6, 6.07) is 5.11. The number of hydrogen-bond donors (Lipinski definition) is 2. The fourth-order valence-corrected chi connectivity index (χ4v) is 5.23. The SMILES string of the molecule is COc1nc(N2CCC(CCP(=O)(O)O)CC2)cc2cnn(C(=O)c3cccs3)c(=O)c12. The van der Waals surface area contributed by atoms with E-state index in [-0.39, 0.29) is 23.3 Å². The van der Waals surface area contributed by atoms with E-state index < -0.39 is 19.1 Å². The van der Waals surface area contributed by atoms with E-state index in [1.54, 1.807) is 23.6 Å². The summed E-state index contributed by atoms with van der Waals surface area (Å²) in [6.45, 7) is 1.35. The minimum atomic E-state index is -3.98. The van der Waals surface area contributed by atoms with Crippen LogP contribution in [-0.2, 0) is 4.57 Å². The first-order valence-electron chi connectivity index (χ1n) is 10.1. The normalized spacial score (nSPS) is 15.3. The molecule has 32 heavy (non-hydrogen) atoms. The van der Waals surface area contributed by atoms with Gasteiger partial charge in [0.15, 0.2) is 0 Å². The average Bonchev–Trinajstić information content (AvgIpc) is 3.31. The Bertz CT molecular complexity index is 1230. The van der Waals surface area contributed by atoms with Crippen molar-refractivity contribution >= 4 is 41.4 Å². The molecule has 4 heterocycles. The van der Waals surface area contributed by atoms with Crippen molar-refractivity contribution in [3.05, 3.63) is 45.0 Å². The predicted molar refractivity (Wildman–Crippen MR) is 121 cm³/mol. The number of carbonyl (C=O) groups is 1. The Morgan fingerprint density at radius 2 is 2.09 bits per heavy atom. The Morgan fingerprint density at radius 1 is 1.34 bits per heavy atom. The second-order valence-electron chi connectivity index (χ2n) is 7.71. The van der Waals surface area contributed by atoms with Crippen molar-refractivity contribution in [2.24, 2.45) is 5.92 Å². The number of pyridine rings is 1. The van der Waals surface area contributed by atoms with Crippen LogP contribution in [0.3, 0.4) is 0 Å². The van der Waals surface area contributed by atoms with Crippen LogP contribution in [0, 0.1) is 5.92 Å². The predicted octanol–water partition coefficient (Wildman–Crippen LogP) is 2.33. The molecule has 0 aromatic carbocycles. The van der Waals surface area contributed by atoms with Crippen LogP contribution in [0.1, 0.15) is 28.9 Å². The molecule has 1 fully saturated rings. The van der Waals surface area contributed by atoms with Gasteiger partial charge in [0.05, 0.1) is 24.3 Å². The van der Waals surface area contributed by atoms with Crippen LogP contribution in [0.2, 0.25) is 0 Å². The molecule has 3 aromatic heterocycles. The summed E-state index contributed by atoms with van der Waals surface area (Å²) >= 11 is 1.23. The number of carbonyl (C=O) groups excluding carboxylic acids is 1. The quantitative estimate of drug-likeness (QED) is 0.512.